The van der Waals surface area contributed by atoms with Gasteiger partial charge in [-0.3, -0.25) is 9.80 Å². The lowest BCUT2D eigenvalue weighted by atomic mass is 10.0. The smallest absolute Gasteiger partial charge is 0.141 e. The van der Waals surface area contributed by atoms with E-state index in [9.17, 15) is 4.39 Å². The third kappa shape index (κ3) is 4.91. The van der Waals surface area contributed by atoms with Gasteiger partial charge >= 0.3 is 0 Å². The van der Waals surface area contributed by atoms with Gasteiger partial charge in [0, 0.05) is 57.1 Å². The van der Waals surface area contributed by atoms with Crippen molar-refractivity contribution in [2.24, 2.45) is 5.92 Å². The first-order chi connectivity index (χ1) is 16.0. The third-order valence-electron chi connectivity index (χ3n) is 6.84. The molecule has 5 rings (SSSR count). The molecule has 0 spiro atoms. The van der Waals surface area contributed by atoms with Crippen LogP contribution in [-0.2, 0) is 25.9 Å². The molecule has 0 amide bonds. The van der Waals surface area contributed by atoms with E-state index in [1.807, 2.05) is 23.5 Å². The average Bonchev–Trinajstić information content (AvgIpc) is 3.17. The number of nitrogens with zero attached hydrogens (tertiary/aromatic N) is 5. The molecule has 2 aliphatic heterocycles. The van der Waals surface area contributed by atoms with Gasteiger partial charge in [0.2, 0.25) is 0 Å². The number of piperazine rings is 1. The number of likely N-dealkylation sites (N-methyl/N-ethyl adjacent to an activating group) is 1. The van der Waals surface area contributed by atoms with Crippen LogP contribution in [0.3, 0.4) is 0 Å². The van der Waals surface area contributed by atoms with Gasteiger partial charge in [-0.25, -0.2) is 14.4 Å². The van der Waals surface area contributed by atoms with E-state index in [-0.39, 0.29) is 5.82 Å². The van der Waals surface area contributed by atoms with E-state index in [2.05, 4.69) is 35.5 Å². The van der Waals surface area contributed by atoms with Gasteiger partial charge in [0.1, 0.15) is 22.3 Å². The number of benzene rings is 1. The van der Waals surface area contributed by atoms with Crippen LogP contribution >= 0.6 is 11.3 Å². The molecule has 1 saturated heterocycles. The van der Waals surface area contributed by atoms with E-state index < -0.39 is 0 Å². The third-order valence-corrected chi connectivity index (χ3v) is 7.95. The summed E-state index contributed by atoms with van der Waals surface area (Å²) in [5.74, 6) is 2.49. The van der Waals surface area contributed by atoms with Crippen molar-refractivity contribution in [3.8, 4) is 0 Å². The topological polar surface area (TPSA) is 35.5 Å². The summed E-state index contributed by atoms with van der Waals surface area (Å²) in [6, 6.07) is 6.90. The summed E-state index contributed by atoms with van der Waals surface area (Å²) >= 11 is 1.88. The van der Waals surface area contributed by atoms with Crippen LogP contribution in [-0.4, -0.2) is 59.0 Å². The maximum absolute atomic E-state index is 13.2. The van der Waals surface area contributed by atoms with E-state index in [4.69, 9.17) is 9.97 Å². The summed E-state index contributed by atoms with van der Waals surface area (Å²) in [6.45, 7) is 14.7. The van der Waals surface area contributed by atoms with Gasteiger partial charge in [-0.2, -0.15) is 0 Å². The van der Waals surface area contributed by atoms with E-state index >= 15 is 0 Å². The minimum absolute atomic E-state index is 0.172. The standard InChI is InChI=1S/C26H34FN5S/c1-4-30-10-9-21-22(17-30)33-26-24(21)25(28-23(29-26)15-18(2)3)32-13-11-31(12-14-32)16-19-5-7-20(27)8-6-19/h5-8,18H,4,9-17H2,1-3H3. The van der Waals surface area contributed by atoms with Crippen LogP contribution < -0.4 is 4.90 Å². The number of anilines is 1. The Bertz CT molecular complexity index is 1100. The van der Waals surface area contributed by atoms with Gasteiger partial charge in [0.05, 0.1) is 5.39 Å². The van der Waals surface area contributed by atoms with Gasteiger partial charge in [-0.1, -0.05) is 32.9 Å². The molecule has 0 saturated carbocycles. The summed E-state index contributed by atoms with van der Waals surface area (Å²) < 4.78 is 13.2. The fraction of sp³-hybridized carbons (Fsp3) is 0.538. The Balaban J connectivity index is 1.40. The maximum Gasteiger partial charge on any atom is 0.141 e. The van der Waals surface area contributed by atoms with Crippen molar-refractivity contribution >= 4 is 27.4 Å². The van der Waals surface area contributed by atoms with Crippen molar-refractivity contribution in [2.45, 2.75) is 46.7 Å². The number of aromatic nitrogens is 2. The minimum atomic E-state index is -0.172. The molecule has 0 atom stereocenters. The maximum atomic E-state index is 13.2. The fourth-order valence-electron chi connectivity index (χ4n) is 4.99. The summed E-state index contributed by atoms with van der Waals surface area (Å²) in [5, 5.41) is 1.31. The van der Waals surface area contributed by atoms with E-state index in [0.29, 0.717) is 5.92 Å². The number of halogens is 1. The summed E-state index contributed by atoms with van der Waals surface area (Å²) in [5.41, 5.74) is 2.65. The first-order valence-electron chi connectivity index (χ1n) is 12.3. The Labute approximate surface area is 200 Å². The normalized spacial score (nSPS) is 17.8. The molecule has 0 N–H and O–H groups in total. The van der Waals surface area contributed by atoms with Gasteiger partial charge in [0.15, 0.2) is 0 Å². The van der Waals surface area contributed by atoms with Gasteiger partial charge in [-0.15, -0.1) is 11.3 Å². The highest BCUT2D eigenvalue weighted by Gasteiger charge is 2.27. The van der Waals surface area contributed by atoms with Crippen LogP contribution in [0.5, 0.6) is 0 Å². The van der Waals surface area contributed by atoms with E-state index in [1.54, 1.807) is 12.1 Å². The second-order valence-electron chi connectivity index (χ2n) is 9.75. The lowest BCUT2D eigenvalue weighted by Crippen LogP contribution is -2.46. The molecular weight excluding hydrogens is 433 g/mol. The summed E-state index contributed by atoms with van der Waals surface area (Å²) in [4.78, 5) is 20.3. The minimum Gasteiger partial charge on any atom is -0.353 e. The van der Waals surface area contributed by atoms with Gasteiger partial charge in [-0.05, 0) is 42.1 Å². The van der Waals surface area contributed by atoms with Crippen molar-refractivity contribution < 1.29 is 4.39 Å². The second kappa shape index (κ2) is 9.65. The molecule has 3 aromatic rings. The van der Waals surface area contributed by atoms with Crippen molar-refractivity contribution in [2.75, 3.05) is 44.2 Å². The Kier molecular flexibility index (Phi) is 6.63. The molecule has 1 fully saturated rings. The Hall–Kier alpha value is -2.09. The monoisotopic (exact) mass is 467 g/mol. The molecule has 2 aromatic heterocycles. The zero-order valence-electron chi connectivity index (χ0n) is 20.0. The number of hydrogen-bond donors (Lipinski definition) is 0. The molecule has 176 valence electrons. The number of fused-ring (bicyclic) bond motifs is 3. The molecule has 2 aliphatic rings. The highest BCUT2D eigenvalue weighted by Crippen LogP contribution is 2.39. The van der Waals surface area contributed by atoms with Crippen molar-refractivity contribution in [3.05, 3.63) is 51.9 Å². The predicted molar refractivity (Wildman–Crippen MR) is 135 cm³/mol. The van der Waals surface area contributed by atoms with Crippen LogP contribution in [0, 0.1) is 11.7 Å². The molecular formula is C26H34FN5S. The zero-order valence-corrected chi connectivity index (χ0v) is 20.8. The number of hydrogen-bond acceptors (Lipinski definition) is 6. The quantitative estimate of drug-likeness (QED) is 0.524. The molecule has 0 aliphatic carbocycles. The van der Waals surface area contributed by atoms with Crippen LogP contribution in [0.15, 0.2) is 24.3 Å². The van der Waals surface area contributed by atoms with Crippen molar-refractivity contribution in [3.63, 3.8) is 0 Å². The van der Waals surface area contributed by atoms with E-state index in [1.165, 1.54) is 26.2 Å². The van der Waals surface area contributed by atoms with Crippen LogP contribution in [0.25, 0.3) is 10.2 Å². The largest absolute Gasteiger partial charge is 0.353 e. The van der Waals surface area contributed by atoms with Crippen molar-refractivity contribution in [1.29, 1.82) is 0 Å². The molecule has 0 bridgehead atoms. The molecule has 0 unspecified atom stereocenters. The Morgan fingerprint density at radius 1 is 1.00 bits per heavy atom. The highest BCUT2D eigenvalue weighted by atomic mass is 32.1. The average molecular weight is 468 g/mol. The molecule has 1 aromatic carbocycles. The highest BCUT2D eigenvalue weighted by molar-refractivity contribution is 7.19. The first-order valence-corrected chi connectivity index (χ1v) is 13.1. The predicted octanol–water partition coefficient (Wildman–Crippen LogP) is 4.73. The van der Waals surface area contributed by atoms with Crippen LogP contribution in [0.4, 0.5) is 10.2 Å². The summed E-state index contributed by atoms with van der Waals surface area (Å²) in [7, 11) is 0. The number of rotatable bonds is 6. The zero-order chi connectivity index (χ0) is 22.9. The second-order valence-corrected chi connectivity index (χ2v) is 10.8. The van der Waals surface area contributed by atoms with Gasteiger partial charge in [0.25, 0.3) is 0 Å². The number of thiophene rings is 1. The first kappa shape index (κ1) is 22.7. The Morgan fingerprint density at radius 2 is 1.76 bits per heavy atom. The van der Waals surface area contributed by atoms with Crippen molar-refractivity contribution in [1.82, 2.24) is 19.8 Å². The van der Waals surface area contributed by atoms with Gasteiger partial charge < -0.3 is 4.90 Å². The Morgan fingerprint density at radius 3 is 2.45 bits per heavy atom. The fourth-order valence-corrected chi connectivity index (χ4v) is 6.27. The van der Waals surface area contributed by atoms with Crippen LogP contribution in [0.1, 0.15) is 42.6 Å². The molecule has 33 heavy (non-hydrogen) atoms. The van der Waals surface area contributed by atoms with E-state index in [0.717, 1.165) is 76.8 Å². The lowest BCUT2D eigenvalue weighted by Gasteiger charge is -2.36. The SMILES string of the molecule is CCN1CCc2c(sc3nc(CC(C)C)nc(N4CCN(Cc5ccc(F)cc5)CC4)c23)C1. The molecule has 0 radical (unpaired) electrons. The summed E-state index contributed by atoms with van der Waals surface area (Å²) in [6.07, 6.45) is 2.00. The molecule has 4 heterocycles. The van der Waals surface area contributed by atoms with Crippen LogP contribution in [0.2, 0.25) is 0 Å². The molecule has 5 nitrogen and oxygen atoms in total. The lowest BCUT2D eigenvalue weighted by molar-refractivity contribution is 0.249. The molecule has 7 heteroatoms.